The fraction of sp³-hybridized carbons (Fsp3) is 0.650. The zero-order valence-corrected chi connectivity index (χ0v) is 19.0. The average Bonchev–Trinajstić information content (AvgIpc) is 3.17. The minimum atomic E-state index is -0.0136. The Morgan fingerprint density at radius 2 is 2.08 bits per heavy atom. The summed E-state index contributed by atoms with van der Waals surface area (Å²) in [6.07, 6.45) is 2.30. The van der Waals surface area contributed by atoms with Crippen LogP contribution in [0.15, 0.2) is 17.1 Å². The van der Waals surface area contributed by atoms with Gasteiger partial charge in [0.25, 0.3) is 0 Å². The molecule has 146 valence electrons. The molecule has 1 aromatic rings. The van der Waals surface area contributed by atoms with E-state index in [-0.39, 0.29) is 35.6 Å². The van der Waals surface area contributed by atoms with Crippen molar-refractivity contribution >= 4 is 29.9 Å². The van der Waals surface area contributed by atoms with Crippen LogP contribution in [0.25, 0.3) is 0 Å². The van der Waals surface area contributed by atoms with E-state index in [1.165, 1.54) is 11.1 Å². The normalized spacial score (nSPS) is 24.2. The highest BCUT2D eigenvalue weighted by Gasteiger charge is 2.42. The maximum atomic E-state index is 5.95. The third-order valence-electron chi connectivity index (χ3n) is 4.56. The number of rotatable bonds is 4. The third kappa shape index (κ3) is 4.96. The van der Waals surface area contributed by atoms with Crippen molar-refractivity contribution in [1.82, 2.24) is 10.6 Å². The molecule has 0 radical (unpaired) electrons. The second-order valence-electron chi connectivity index (χ2n) is 8.10. The molecule has 0 amide bonds. The Bertz CT molecular complexity index is 670. The van der Waals surface area contributed by atoms with E-state index in [0.29, 0.717) is 18.6 Å². The first-order chi connectivity index (χ1) is 11.8. The van der Waals surface area contributed by atoms with Crippen LogP contribution in [0.2, 0.25) is 0 Å². The smallest absolute Gasteiger partial charge is 0.191 e. The fourth-order valence-electron chi connectivity index (χ4n) is 3.41. The standard InChI is InChI=1S/C20H31N3O2.HI/c1-7-24-18-9-13-8-12(2)25-17(13)11-15(18)14-10-16(14)22-19(21-6)23-20(3,4)5;/h9,11-12,14,16H,7-8,10H2,1-6H3,(H2,21,22,23);1H. The summed E-state index contributed by atoms with van der Waals surface area (Å²) in [5.74, 6) is 3.31. The summed E-state index contributed by atoms with van der Waals surface area (Å²) < 4.78 is 11.9. The number of guanidine groups is 1. The predicted octanol–water partition coefficient (Wildman–Crippen LogP) is 3.85. The monoisotopic (exact) mass is 473 g/mol. The lowest BCUT2D eigenvalue weighted by Gasteiger charge is -2.24. The zero-order valence-electron chi connectivity index (χ0n) is 16.7. The zero-order chi connectivity index (χ0) is 18.2. The van der Waals surface area contributed by atoms with Gasteiger partial charge in [-0.3, -0.25) is 4.99 Å². The number of nitrogens with one attached hydrogen (secondary N) is 2. The van der Waals surface area contributed by atoms with Gasteiger partial charge in [-0.25, -0.2) is 0 Å². The molecule has 0 saturated heterocycles. The van der Waals surface area contributed by atoms with E-state index in [0.717, 1.165) is 30.3 Å². The van der Waals surface area contributed by atoms with Gasteiger partial charge in [0, 0.05) is 42.1 Å². The summed E-state index contributed by atoms with van der Waals surface area (Å²) in [6, 6.07) is 4.75. The molecule has 1 heterocycles. The van der Waals surface area contributed by atoms with E-state index in [4.69, 9.17) is 9.47 Å². The van der Waals surface area contributed by atoms with Gasteiger partial charge in [-0.1, -0.05) is 0 Å². The first-order valence-corrected chi connectivity index (χ1v) is 9.28. The molecule has 1 saturated carbocycles. The minimum Gasteiger partial charge on any atom is -0.494 e. The Kier molecular flexibility index (Phi) is 6.69. The van der Waals surface area contributed by atoms with Gasteiger partial charge in [0.15, 0.2) is 5.96 Å². The van der Waals surface area contributed by atoms with Crippen molar-refractivity contribution in [2.24, 2.45) is 4.99 Å². The van der Waals surface area contributed by atoms with Crippen molar-refractivity contribution in [1.29, 1.82) is 0 Å². The van der Waals surface area contributed by atoms with E-state index >= 15 is 0 Å². The molecule has 0 spiro atoms. The summed E-state index contributed by atoms with van der Waals surface area (Å²) in [4.78, 5) is 4.35. The number of benzene rings is 1. The summed E-state index contributed by atoms with van der Waals surface area (Å²) in [7, 11) is 1.81. The number of fused-ring (bicyclic) bond motifs is 1. The van der Waals surface area contributed by atoms with Crippen molar-refractivity contribution < 1.29 is 9.47 Å². The van der Waals surface area contributed by atoms with Gasteiger partial charge in [0.2, 0.25) is 0 Å². The van der Waals surface area contributed by atoms with Crippen LogP contribution in [0.4, 0.5) is 0 Å². The van der Waals surface area contributed by atoms with Crippen molar-refractivity contribution in [3.05, 3.63) is 23.3 Å². The van der Waals surface area contributed by atoms with Gasteiger partial charge in [0.05, 0.1) is 6.61 Å². The van der Waals surface area contributed by atoms with Crippen molar-refractivity contribution in [3.8, 4) is 11.5 Å². The first-order valence-electron chi connectivity index (χ1n) is 9.28. The summed E-state index contributed by atoms with van der Waals surface area (Å²) >= 11 is 0. The molecule has 1 fully saturated rings. The summed E-state index contributed by atoms with van der Waals surface area (Å²) in [5, 5.41) is 6.95. The Hall–Kier alpha value is -1.18. The molecule has 2 aliphatic rings. The molecule has 1 aromatic carbocycles. The van der Waals surface area contributed by atoms with Crippen LogP contribution in [0.1, 0.15) is 58.1 Å². The molecule has 3 atom stereocenters. The molecule has 3 unspecified atom stereocenters. The van der Waals surface area contributed by atoms with E-state index in [9.17, 15) is 0 Å². The van der Waals surface area contributed by atoms with Crippen LogP contribution >= 0.6 is 24.0 Å². The quantitative estimate of drug-likeness (QED) is 0.397. The lowest BCUT2D eigenvalue weighted by Crippen LogP contribution is -2.48. The fourth-order valence-corrected chi connectivity index (χ4v) is 3.41. The Morgan fingerprint density at radius 3 is 2.69 bits per heavy atom. The van der Waals surface area contributed by atoms with E-state index in [1.807, 2.05) is 14.0 Å². The van der Waals surface area contributed by atoms with Gasteiger partial charge in [-0.2, -0.15) is 0 Å². The molecule has 3 rings (SSSR count). The molecule has 6 heteroatoms. The van der Waals surface area contributed by atoms with E-state index in [1.54, 1.807) is 0 Å². The van der Waals surface area contributed by atoms with Gasteiger partial charge in [0.1, 0.15) is 17.6 Å². The first kappa shape index (κ1) is 21.1. The number of halogens is 1. The molecule has 5 nitrogen and oxygen atoms in total. The second kappa shape index (κ2) is 8.23. The lowest BCUT2D eigenvalue weighted by atomic mass is 10.0. The van der Waals surface area contributed by atoms with Gasteiger partial charge in [-0.15, -0.1) is 24.0 Å². The number of nitrogens with zero attached hydrogens (tertiary/aromatic N) is 1. The van der Waals surface area contributed by atoms with E-state index in [2.05, 4.69) is 55.5 Å². The highest BCUT2D eigenvalue weighted by Crippen LogP contribution is 2.48. The summed E-state index contributed by atoms with van der Waals surface area (Å²) in [6.45, 7) is 11.2. The molecule has 0 aromatic heterocycles. The van der Waals surface area contributed by atoms with Gasteiger partial charge >= 0.3 is 0 Å². The highest BCUT2D eigenvalue weighted by molar-refractivity contribution is 14.0. The Morgan fingerprint density at radius 1 is 1.35 bits per heavy atom. The predicted molar refractivity (Wildman–Crippen MR) is 117 cm³/mol. The molecular formula is C20H32IN3O2. The summed E-state index contributed by atoms with van der Waals surface area (Å²) in [5.41, 5.74) is 2.49. The van der Waals surface area contributed by atoms with Crippen LogP contribution in [-0.4, -0.2) is 37.3 Å². The van der Waals surface area contributed by atoms with Crippen molar-refractivity contribution in [2.75, 3.05) is 13.7 Å². The molecular weight excluding hydrogens is 441 g/mol. The minimum absolute atomic E-state index is 0. The maximum absolute atomic E-state index is 5.95. The molecule has 26 heavy (non-hydrogen) atoms. The van der Waals surface area contributed by atoms with Crippen LogP contribution in [0, 0.1) is 0 Å². The molecule has 2 N–H and O–H groups in total. The molecule has 1 aliphatic heterocycles. The van der Waals surface area contributed by atoms with Crippen LogP contribution in [-0.2, 0) is 6.42 Å². The number of hydrogen-bond donors (Lipinski definition) is 2. The number of ether oxygens (including phenoxy) is 2. The lowest BCUT2D eigenvalue weighted by molar-refractivity contribution is 0.254. The third-order valence-corrected chi connectivity index (χ3v) is 4.56. The van der Waals surface area contributed by atoms with Crippen molar-refractivity contribution in [3.63, 3.8) is 0 Å². The molecule has 0 bridgehead atoms. The number of aliphatic imine (C=N–C) groups is 1. The Labute approximate surface area is 174 Å². The SMILES string of the molecule is CCOc1cc2c(cc1C1CC1NC(=NC)NC(C)(C)C)OC(C)C2.I. The number of hydrogen-bond acceptors (Lipinski definition) is 3. The Balaban J connectivity index is 0.00000243. The maximum Gasteiger partial charge on any atom is 0.191 e. The van der Waals surface area contributed by atoms with Crippen LogP contribution < -0.4 is 20.1 Å². The largest absolute Gasteiger partial charge is 0.494 e. The highest BCUT2D eigenvalue weighted by atomic mass is 127. The van der Waals surface area contributed by atoms with Crippen molar-refractivity contribution in [2.45, 2.75) is 71.1 Å². The van der Waals surface area contributed by atoms with Crippen LogP contribution in [0.5, 0.6) is 11.5 Å². The topological polar surface area (TPSA) is 54.9 Å². The van der Waals surface area contributed by atoms with E-state index < -0.39 is 0 Å². The molecule has 1 aliphatic carbocycles. The van der Waals surface area contributed by atoms with Gasteiger partial charge in [-0.05, 0) is 53.2 Å². The van der Waals surface area contributed by atoms with Gasteiger partial charge < -0.3 is 20.1 Å². The second-order valence-corrected chi connectivity index (χ2v) is 8.10. The average molecular weight is 473 g/mol. The van der Waals surface area contributed by atoms with Crippen LogP contribution in [0.3, 0.4) is 0 Å².